The predicted molar refractivity (Wildman–Crippen MR) is 48.5 cm³/mol. The number of esters is 1. The third-order valence-electron chi connectivity index (χ3n) is 1.70. The third kappa shape index (κ3) is 5.13. The van der Waals surface area contributed by atoms with Gasteiger partial charge in [0.15, 0.2) is 0 Å². The van der Waals surface area contributed by atoms with Gasteiger partial charge in [0.25, 0.3) is 0 Å². The maximum Gasteiger partial charge on any atom is 0.307 e. The van der Waals surface area contributed by atoms with Crippen molar-refractivity contribution >= 4 is 5.97 Å². The average Bonchev–Trinajstić information content (AvgIpc) is 2.23. The van der Waals surface area contributed by atoms with Crippen LogP contribution in [0.2, 0.25) is 0 Å². The number of aliphatic hydroxyl groups excluding tert-OH is 2. The van der Waals surface area contributed by atoms with E-state index < -0.39 is 5.54 Å². The molecule has 84 valence electrons. The van der Waals surface area contributed by atoms with Crippen LogP contribution in [0.1, 0.15) is 6.42 Å². The quantitative estimate of drug-likeness (QED) is 0.338. The Kier molecular flexibility index (Phi) is 6.39. The number of hydrogen-bond donors (Lipinski definition) is 3. The van der Waals surface area contributed by atoms with Gasteiger partial charge in [-0.2, -0.15) is 0 Å². The SMILES string of the molecule is COC(=O)CCOCC(N)(CO)CO. The van der Waals surface area contributed by atoms with Crippen LogP contribution < -0.4 is 5.73 Å². The van der Waals surface area contributed by atoms with Gasteiger partial charge in [0.1, 0.15) is 0 Å². The van der Waals surface area contributed by atoms with Crippen molar-refractivity contribution in [3.8, 4) is 0 Å². The first-order valence-corrected chi connectivity index (χ1v) is 4.23. The van der Waals surface area contributed by atoms with E-state index in [2.05, 4.69) is 4.74 Å². The molecule has 0 saturated heterocycles. The smallest absolute Gasteiger partial charge is 0.307 e. The monoisotopic (exact) mass is 207 g/mol. The summed E-state index contributed by atoms with van der Waals surface area (Å²) in [5, 5.41) is 17.6. The number of carbonyl (C=O) groups excluding carboxylic acids is 1. The van der Waals surface area contributed by atoms with Gasteiger partial charge < -0.3 is 25.4 Å². The largest absolute Gasteiger partial charge is 0.469 e. The van der Waals surface area contributed by atoms with Crippen LogP contribution in [-0.4, -0.2) is 55.3 Å². The van der Waals surface area contributed by atoms with Gasteiger partial charge >= 0.3 is 5.97 Å². The maximum atomic E-state index is 10.6. The molecule has 0 atom stereocenters. The molecule has 0 aliphatic carbocycles. The van der Waals surface area contributed by atoms with Crippen molar-refractivity contribution in [3.05, 3.63) is 0 Å². The van der Waals surface area contributed by atoms with Crippen molar-refractivity contribution in [3.63, 3.8) is 0 Å². The van der Waals surface area contributed by atoms with Crippen molar-refractivity contribution in [1.82, 2.24) is 0 Å². The molecular formula is C8H17NO5. The molecule has 6 nitrogen and oxygen atoms in total. The number of ether oxygens (including phenoxy) is 2. The zero-order valence-electron chi connectivity index (χ0n) is 8.23. The molecule has 0 fully saturated rings. The van der Waals surface area contributed by atoms with Crippen LogP contribution in [0.5, 0.6) is 0 Å². The zero-order valence-corrected chi connectivity index (χ0v) is 8.23. The third-order valence-corrected chi connectivity index (χ3v) is 1.70. The Morgan fingerprint density at radius 2 is 2.00 bits per heavy atom. The molecule has 14 heavy (non-hydrogen) atoms. The first-order chi connectivity index (χ1) is 6.58. The van der Waals surface area contributed by atoms with Crippen LogP contribution in [0.3, 0.4) is 0 Å². The van der Waals surface area contributed by atoms with E-state index in [9.17, 15) is 4.79 Å². The lowest BCUT2D eigenvalue weighted by Gasteiger charge is -2.23. The highest BCUT2D eigenvalue weighted by Crippen LogP contribution is 1.99. The Labute approximate surface area is 82.6 Å². The molecule has 0 heterocycles. The van der Waals surface area contributed by atoms with Gasteiger partial charge in [-0.1, -0.05) is 0 Å². The van der Waals surface area contributed by atoms with Gasteiger partial charge in [0.2, 0.25) is 0 Å². The summed E-state index contributed by atoms with van der Waals surface area (Å²) in [6, 6.07) is 0. The van der Waals surface area contributed by atoms with E-state index in [-0.39, 0.29) is 38.8 Å². The Morgan fingerprint density at radius 3 is 2.43 bits per heavy atom. The summed E-state index contributed by atoms with van der Waals surface area (Å²) in [7, 11) is 1.29. The molecule has 0 rings (SSSR count). The lowest BCUT2D eigenvalue weighted by Crippen LogP contribution is -2.51. The van der Waals surface area contributed by atoms with Crippen LogP contribution in [0, 0.1) is 0 Å². The number of methoxy groups -OCH3 is 1. The second kappa shape index (κ2) is 6.72. The number of rotatable bonds is 7. The standard InChI is InChI=1S/C8H17NO5/c1-13-7(12)2-3-14-6-8(9,4-10)5-11/h10-11H,2-6,9H2,1H3. The minimum Gasteiger partial charge on any atom is -0.469 e. The van der Waals surface area contributed by atoms with Crippen LogP contribution in [0.4, 0.5) is 0 Å². The second-order valence-electron chi connectivity index (χ2n) is 3.06. The van der Waals surface area contributed by atoms with Crippen molar-refractivity contribution in [1.29, 1.82) is 0 Å². The molecule has 0 radical (unpaired) electrons. The van der Waals surface area contributed by atoms with E-state index >= 15 is 0 Å². The van der Waals surface area contributed by atoms with Crippen LogP contribution >= 0.6 is 0 Å². The van der Waals surface area contributed by atoms with E-state index in [0.717, 1.165) is 0 Å². The highest BCUT2D eigenvalue weighted by molar-refractivity contribution is 5.69. The molecule has 0 aliphatic rings. The fraction of sp³-hybridized carbons (Fsp3) is 0.875. The topological polar surface area (TPSA) is 102 Å². The first-order valence-electron chi connectivity index (χ1n) is 4.23. The molecule has 0 aromatic heterocycles. The second-order valence-corrected chi connectivity index (χ2v) is 3.06. The van der Waals surface area contributed by atoms with E-state index in [1.807, 2.05) is 0 Å². The fourth-order valence-corrected chi connectivity index (χ4v) is 0.674. The Morgan fingerprint density at radius 1 is 1.43 bits per heavy atom. The minimum absolute atomic E-state index is 0.00298. The lowest BCUT2D eigenvalue weighted by molar-refractivity contribution is -0.142. The number of hydrogen-bond acceptors (Lipinski definition) is 6. The van der Waals surface area contributed by atoms with Gasteiger partial charge in [-0.05, 0) is 0 Å². The summed E-state index contributed by atoms with van der Waals surface area (Å²) in [4.78, 5) is 10.6. The molecule has 6 heteroatoms. The minimum atomic E-state index is -1.14. The van der Waals surface area contributed by atoms with E-state index in [0.29, 0.717) is 0 Å². The highest BCUT2D eigenvalue weighted by atomic mass is 16.5. The van der Waals surface area contributed by atoms with E-state index in [4.69, 9.17) is 20.7 Å². The zero-order chi connectivity index (χ0) is 11.0. The van der Waals surface area contributed by atoms with Crippen molar-refractivity contribution in [2.24, 2.45) is 5.73 Å². The highest BCUT2D eigenvalue weighted by Gasteiger charge is 2.23. The Balaban J connectivity index is 3.57. The lowest BCUT2D eigenvalue weighted by atomic mass is 10.1. The molecule has 0 amide bonds. The molecule has 0 bridgehead atoms. The molecule has 4 N–H and O–H groups in total. The summed E-state index contributed by atoms with van der Waals surface area (Å²) in [5.41, 5.74) is 4.36. The van der Waals surface area contributed by atoms with Gasteiger partial charge in [-0.3, -0.25) is 4.79 Å². The summed E-state index contributed by atoms with van der Waals surface area (Å²) in [6.07, 6.45) is 0.128. The molecule has 0 spiro atoms. The molecule has 0 aliphatic heterocycles. The summed E-state index contributed by atoms with van der Waals surface area (Å²) < 4.78 is 9.39. The van der Waals surface area contributed by atoms with E-state index in [1.54, 1.807) is 0 Å². The maximum absolute atomic E-state index is 10.6. The van der Waals surface area contributed by atoms with Gasteiger partial charge in [0.05, 0.1) is 45.5 Å². The number of nitrogens with two attached hydrogens (primary N) is 1. The van der Waals surface area contributed by atoms with Crippen LogP contribution in [-0.2, 0) is 14.3 Å². The van der Waals surface area contributed by atoms with Crippen molar-refractivity contribution in [2.75, 3.05) is 33.5 Å². The molecule has 0 unspecified atom stereocenters. The van der Waals surface area contributed by atoms with Gasteiger partial charge in [0, 0.05) is 0 Å². The molecule has 0 aromatic carbocycles. The average molecular weight is 207 g/mol. The Bertz CT molecular complexity index is 169. The number of carbonyl (C=O) groups is 1. The summed E-state index contributed by atoms with van der Waals surface area (Å²) in [6.45, 7) is -0.591. The Hall–Kier alpha value is -0.690. The van der Waals surface area contributed by atoms with Crippen molar-refractivity contribution < 1.29 is 24.5 Å². The van der Waals surface area contributed by atoms with Crippen LogP contribution in [0.25, 0.3) is 0 Å². The summed E-state index contributed by atoms with van der Waals surface area (Å²) >= 11 is 0. The number of aliphatic hydroxyl groups is 2. The normalized spacial score (nSPS) is 11.4. The first kappa shape index (κ1) is 13.3. The van der Waals surface area contributed by atoms with Gasteiger partial charge in [-0.15, -0.1) is 0 Å². The predicted octanol–water partition coefficient (Wildman–Crippen LogP) is -1.75. The molecular weight excluding hydrogens is 190 g/mol. The summed E-state index contributed by atoms with van der Waals surface area (Å²) in [5.74, 6) is -0.374. The van der Waals surface area contributed by atoms with Crippen LogP contribution in [0.15, 0.2) is 0 Å². The van der Waals surface area contributed by atoms with E-state index in [1.165, 1.54) is 7.11 Å². The fourth-order valence-electron chi connectivity index (χ4n) is 0.674. The molecule has 0 saturated carbocycles. The van der Waals surface area contributed by atoms with Crippen molar-refractivity contribution in [2.45, 2.75) is 12.0 Å². The van der Waals surface area contributed by atoms with Gasteiger partial charge in [-0.25, -0.2) is 0 Å². The molecule has 0 aromatic rings.